The molecule has 0 unspecified atom stereocenters. The molecular formula is C10H13N3O2. The lowest BCUT2D eigenvalue weighted by molar-refractivity contribution is -0.108. The van der Waals surface area contributed by atoms with Crippen LogP contribution in [-0.4, -0.2) is 23.3 Å². The van der Waals surface area contributed by atoms with Crippen LogP contribution < -0.4 is 0 Å². The van der Waals surface area contributed by atoms with E-state index in [9.17, 15) is 9.70 Å². The molecule has 1 rings (SSSR count). The summed E-state index contributed by atoms with van der Waals surface area (Å²) >= 11 is 0. The molecule has 15 heavy (non-hydrogen) atoms. The molecule has 0 aromatic carbocycles. The molecule has 0 radical (unpaired) electrons. The summed E-state index contributed by atoms with van der Waals surface area (Å²) in [6, 6.07) is 3.48. The topological polar surface area (TPSA) is 62.6 Å². The summed E-state index contributed by atoms with van der Waals surface area (Å²) in [5.74, 6) is 0. The van der Waals surface area contributed by atoms with Gasteiger partial charge in [0, 0.05) is 25.9 Å². The van der Waals surface area contributed by atoms with E-state index in [0.717, 1.165) is 11.8 Å². The first-order valence-electron chi connectivity index (χ1n) is 4.69. The highest BCUT2D eigenvalue weighted by Gasteiger charge is 2.16. The lowest BCUT2D eigenvalue weighted by Gasteiger charge is -2.21. The third-order valence-corrected chi connectivity index (χ3v) is 2.21. The Morgan fingerprint density at radius 3 is 3.00 bits per heavy atom. The Balaban J connectivity index is 2.80. The number of rotatable bonds is 6. The summed E-state index contributed by atoms with van der Waals surface area (Å²) in [5.41, 5.74) is 0.890. The molecule has 80 valence electrons. The Hall–Kier alpha value is -1.78. The van der Waals surface area contributed by atoms with Crippen molar-refractivity contribution < 1.29 is 4.79 Å². The fourth-order valence-corrected chi connectivity index (χ4v) is 1.43. The van der Waals surface area contributed by atoms with Crippen molar-refractivity contribution in [3.63, 3.8) is 0 Å². The van der Waals surface area contributed by atoms with Gasteiger partial charge < -0.3 is 4.79 Å². The molecule has 0 saturated heterocycles. The van der Waals surface area contributed by atoms with Gasteiger partial charge in [-0.05, 0) is 18.1 Å². The van der Waals surface area contributed by atoms with Crippen molar-refractivity contribution in [1.82, 2.24) is 9.99 Å². The standard InChI is InChI=1S/C10H13N3O2/c1-13(12-15)10(5-3-7-14)9-4-2-6-11-8-9/h2,4,6-8,10H,3,5H2,1H3/t10-/m1/s1. The van der Waals surface area contributed by atoms with Gasteiger partial charge in [0.25, 0.3) is 0 Å². The number of nitrogens with zero attached hydrogens (tertiary/aromatic N) is 3. The third kappa shape index (κ3) is 3.12. The molecule has 5 heteroatoms. The van der Waals surface area contributed by atoms with Gasteiger partial charge in [0.05, 0.1) is 11.3 Å². The number of carbonyl (C=O) groups excluding carboxylic acids is 1. The first-order chi connectivity index (χ1) is 7.29. The molecule has 0 amide bonds. The van der Waals surface area contributed by atoms with Crippen LogP contribution in [-0.2, 0) is 4.79 Å². The van der Waals surface area contributed by atoms with E-state index in [0.29, 0.717) is 12.8 Å². The summed E-state index contributed by atoms with van der Waals surface area (Å²) in [5, 5.41) is 4.16. The SMILES string of the molecule is CN(N=O)[C@H](CCC=O)c1cccnc1. The monoisotopic (exact) mass is 207 g/mol. The molecule has 0 bridgehead atoms. The Morgan fingerprint density at radius 2 is 2.47 bits per heavy atom. The minimum Gasteiger partial charge on any atom is -0.303 e. The van der Waals surface area contributed by atoms with E-state index in [2.05, 4.69) is 10.3 Å². The fourth-order valence-electron chi connectivity index (χ4n) is 1.43. The summed E-state index contributed by atoms with van der Waals surface area (Å²) < 4.78 is 0. The molecule has 0 spiro atoms. The maximum atomic E-state index is 10.4. The van der Waals surface area contributed by atoms with Gasteiger partial charge in [-0.1, -0.05) is 6.07 Å². The maximum Gasteiger partial charge on any atom is 0.120 e. The quantitative estimate of drug-likeness (QED) is 0.404. The van der Waals surface area contributed by atoms with Crippen molar-refractivity contribution in [2.75, 3.05) is 7.05 Å². The number of pyridine rings is 1. The van der Waals surface area contributed by atoms with Crippen molar-refractivity contribution in [2.24, 2.45) is 5.29 Å². The average Bonchev–Trinajstić information content (AvgIpc) is 2.30. The normalized spacial score (nSPS) is 11.8. The van der Waals surface area contributed by atoms with Gasteiger partial charge in [-0.3, -0.25) is 9.99 Å². The van der Waals surface area contributed by atoms with Crippen molar-refractivity contribution >= 4 is 6.29 Å². The fraction of sp³-hybridized carbons (Fsp3) is 0.400. The molecule has 0 aliphatic rings. The second kappa shape index (κ2) is 5.85. The summed E-state index contributed by atoms with van der Waals surface area (Å²) in [6.07, 6.45) is 5.14. The van der Waals surface area contributed by atoms with Crippen LogP contribution in [0.15, 0.2) is 29.8 Å². The van der Waals surface area contributed by atoms with Crippen LogP contribution in [0.5, 0.6) is 0 Å². The number of hydrogen-bond acceptors (Lipinski definition) is 4. The van der Waals surface area contributed by atoms with Crippen molar-refractivity contribution in [2.45, 2.75) is 18.9 Å². The van der Waals surface area contributed by atoms with Gasteiger partial charge in [0.1, 0.15) is 6.29 Å². The van der Waals surface area contributed by atoms with Gasteiger partial charge in [0.15, 0.2) is 0 Å². The molecule has 0 saturated carbocycles. The molecule has 0 aliphatic heterocycles. The van der Waals surface area contributed by atoms with Crippen LogP contribution in [0.4, 0.5) is 0 Å². The zero-order valence-corrected chi connectivity index (χ0v) is 8.54. The highest BCUT2D eigenvalue weighted by Crippen LogP contribution is 2.23. The van der Waals surface area contributed by atoms with E-state index < -0.39 is 0 Å². The minimum absolute atomic E-state index is 0.179. The predicted octanol–water partition coefficient (Wildman–Crippen LogP) is 1.71. The van der Waals surface area contributed by atoms with Crippen molar-refractivity contribution in [3.05, 3.63) is 35.0 Å². The van der Waals surface area contributed by atoms with E-state index in [1.165, 1.54) is 5.01 Å². The summed E-state index contributed by atoms with van der Waals surface area (Å²) in [4.78, 5) is 24.7. The Kier molecular flexibility index (Phi) is 4.40. The molecular weight excluding hydrogens is 194 g/mol. The van der Waals surface area contributed by atoms with Crippen LogP contribution >= 0.6 is 0 Å². The zero-order valence-electron chi connectivity index (χ0n) is 8.54. The molecule has 1 heterocycles. The summed E-state index contributed by atoms with van der Waals surface area (Å²) in [7, 11) is 1.59. The van der Waals surface area contributed by atoms with Crippen LogP contribution in [0.25, 0.3) is 0 Å². The Labute approximate surface area is 88.1 Å². The minimum atomic E-state index is -0.179. The second-order valence-electron chi connectivity index (χ2n) is 3.20. The van der Waals surface area contributed by atoms with Crippen LogP contribution in [0.1, 0.15) is 24.4 Å². The number of aldehydes is 1. The number of hydrogen-bond donors (Lipinski definition) is 0. The molecule has 1 atom stereocenters. The Morgan fingerprint density at radius 1 is 1.67 bits per heavy atom. The smallest absolute Gasteiger partial charge is 0.120 e. The molecule has 0 N–H and O–H groups in total. The van der Waals surface area contributed by atoms with Crippen molar-refractivity contribution in [1.29, 1.82) is 0 Å². The van der Waals surface area contributed by atoms with Gasteiger partial charge >= 0.3 is 0 Å². The van der Waals surface area contributed by atoms with Crippen LogP contribution in [0, 0.1) is 4.91 Å². The first kappa shape index (κ1) is 11.3. The van der Waals surface area contributed by atoms with Gasteiger partial charge in [0.2, 0.25) is 0 Å². The highest BCUT2D eigenvalue weighted by atomic mass is 16.3. The highest BCUT2D eigenvalue weighted by molar-refractivity contribution is 5.49. The third-order valence-electron chi connectivity index (χ3n) is 2.21. The molecule has 1 aromatic rings. The largest absolute Gasteiger partial charge is 0.303 e. The molecule has 1 aromatic heterocycles. The van der Waals surface area contributed by atoms with Crippen LogP contribution in [0.3, 0.4) is 0 Å². The van der Waals surface area contributed by atoms with E-state index in [1.807, 2.05) is 6.07 Å². The molecule has 0 aliphatic carbocycles. The number of nitroso groups, excluding NO2 is 1. The van der Waals surface area contributed by atoms with E-state index >= 15 is 0 Å². The predicted molar refractivity (Wildman–Crippen MR) is 55.8 cm³/mol. The molecule has 5 nitrogen and oxygen atoms in total. The second-order valence-corrected chi connectivity index (χ2v) is 3.20. The Bertz CT molecular complexity index is 316. The average molecular weight is 207 g/mol. The lowest BCUT2D eigenvalue weighted by Crippen LogP contribution is -2.18. The zero-order chi connectivity index (χ0) is 11.1. The maximum absolute atomic E-state index is 10.4. The first-order valence-corrected chi connectivity index (χ1v) is 4.69. The summed E-state index contributed by atoms with van der Waals surface area (Å²) in [6.45, 7) is 0. The lowest BCUT2D eigenvalue weighted by atomic mass is 10.0. The van der Waals surface area contributed by atoms with E-state index in [1.54, 1.807) is 25.5 Å². The van der Waals surface area contributed by atoms with Crippen LogP contribution in [0.2, 0.25) is 0 Å². The number of carbonyl (C=O) groups is 1. The van der Waals surface area contributed by atoms with Gasteiger partial charge in [-0.2, -0.15) is 0 Å². The van der Waals surface area contributed by atoms with E-state index in [4.69, 9.17) is 0 Å². The van der Waals surface area contributed by atoms with Gasteiger partial charge in [-0.15, -0.1) is 4.91 Å². The van der Waals surface area contributed by atoms with Crippen molar-refractivity contribution in [3.8, 4) is 0 Å². The molecule has 0 fully saturated rings. The van der Waals surface area contributed by atoms with Gasteiger partial charge in [-0.25, -0.2) is 0 Å². The van der Waals surface area contributed by atoms with E-state index in [-0.39, 0.29) is 6.04 Å². The number of aromatic nitrogens is 1.